The van der Waals surface area contributed by atoms with Gasteiger partial charge in [0.1, 0.15) is 13.1 Å². The Morgan fingerprint density at radius 2 is 1.26 bits per heavy atom. The van der Waals surface area contributed by atoms with Gasteiger partial charge >= 0.3 is 0 Å². The number of hydrogen-bond acceptors (Lipinski definition) is 1. The molecule has 2 saturated heterocycles. The summed E-state index contributed by atoms with van der Waals surface area (Å²) in [7, 11) is 0. The van der Waals surface area contributed by atoms with Gasteiger partial charge in [0.25, 0.3) is 0 Å². The van der Waals surface area contributed by atoms with E-state index < -0.39 is 0 Å². The summed E-state index contributed by atoms with van der Waals surface area (Å²) in [6.45, 7) is 4.95. The molecule has 2 heterocycles. The zero-order valence-corrected chi connectivity index (χ0v) is 12.3. The molecule has 19 heavy (non-hydrogen) atoms. The molecule has 0 unspecified atom stereocenters. The average Bonchev–Trinajstić information content (AvgIpc) is 2.83. The fourth-order valence-corrected chi connectivity index (χ4v) is 2.90. The first-order valence-electron chi connectivity index (χ1n) is 8.11. The first kappa shape index (κ1) is 14.4. The molecule has 0 aromatic heterocycles. The molecule has 106 valence electrons. The zero-order valence-electron chi connectivity index (χ0n) is 12.3. The van der Waals surface area contributed by atoms with Crippen LogP contribution in [0.3, 0.4) is 0 Å². The van der Waals surface area contributed by atoms with Crippen LogP contribution < -0.4 is 0 Å². The Hall–Kier alpha value is -1.05. The number of likely N-dealkylation sites (tertiary alicyclic amines) is 1. The number of hydrogen-bond donors (Lipinski definition) is 0. The molecule has 2 aliphatic rings. The minimum absolute atomic E-state index is 1.24. The summed E-state index contributed by atoms with van der Waals surface area (Å²) in [4.78, 5) is 2.46. The van der Waals surface area contributed by atoms with Crippen molar-refractivity contribution in [1.82, 2.24) is 4.90 Å². The van der Waals surface area contributed by atoms with E-state index in [1.54, 1.807) is 0 Å². The second-order valence-corrected chi connectivity index (χ2v) is 5.78. The Morgan fingerprint density at radius 1 is 0.632 bits per heavy atom. The molecule has 0 saturated carbocycles. The lowest BCUT2D eigenvalue weighted by Crippen LogP contribution is -2.17. The van der Waals surface area contributed by atoms with Crippen LogP contribution in [0.5, 0.6) is 0 Å². The van der Waals surface area contributed by atoms with Gasteiger partial charge < -0.3 is 4.90 Å². The summed E-state index contributed by atoms with van der Waals surface area (Å²) in [5.74, 6) is 0. The lowest BCUT2D eigenvalue weighted by Gasteiger charge is -2.16. The van der Waals surface area contributed by atoms with Crippen molar-refractivity contribution in [2.75, 3.05) is 26.2 Å². The minimum Gasteiger partial charge on any atom is -0.377 e. The van der Waals surface area contributed by atoms with Crippen molar-refractivity contribution in [2.45, 2.75) is 51.4 Å². The van der Waals surface area contributed by atoms with Crippen LogP contribution in [-0.2, 0) is 0 Å². The molecule has 2 rings (SSSR count). The van der Waals surface area contributed by atoms with E-state index in [0.717, 1.165) is 0 Å². The van der Waals surface area contributed by atoms with E-state index in [1.165, 1.54) is 77.5 Å². The molecule has 0 spiro atoms. The Bertz CT molecular complexity index is 310. The van der Waals surface area contributed by atoms with Gasteiger partial charge in [0.15, 0.2) is 6.21 Å². The van der Waals surface area contributed by atoms with E-state index in [4.69, 9.17) is 0 Å². The van der Waals surface area contributed by atoms with Crippen LogP contribution in [0.4, 0.5) is 0 Å². The van der Waals surface area contributed by atoms with Crippen LogP contribution in [0, 0.1) is 0 Å². The summed E-state index contributed by atoms with van der Waals surface area (Å²) >= 11 is 0. The lowest BCUT2D eigenvalue weighted by molar-refractivity contribution is -0.520. The third-order valence-electron chi connectivity index (χ3n) is 4.10. The lowest BCUT2D eigenvalue weighted by atomic mass is 10.2. The van der Waals surface area contributed by atoms with Gasteiger partial charge in [-0.05, 0) is 38.0 Å². The van der Waals surface area contributed by atoms with Crippen LogP contribution in [0.25, 0.3) is 0 Å². The van der Waals surface area contributed by atoms with Gasteiger partial charge in [-0.15, -0.1) is 0 Å². The fraction of sp³-hybridized carbons (Fsp3) is 0.706. The standard InChI is InChI=1S/C17H29N2/c1-2-7-13-18(12-6-1)16-10-5-11-17-19-14-8-3-4-9-15-19/h5,10-11,16-17H,1-4,6-9,12-15H2/q+1. The van der Waals surface area contributed by atoms with E-state index >= 15 is 0 Å². The van der Waals surface area contributed by atoms with Crippen molar-refractivity contribution < 1.29 is 4.58 Å². The molecule has 0 atom stereocenters. The summed E-state index contributed by atoms with van der Waals surface area (Å²) in [5.41, 5.74) is 0. The zero-order chi connectivity index (χ0) is 13.2. The maximum absolute atomic E-state index is 2.46. The number of allylic oxidation sites excluding steroid dienone is 3. The van der Waals surface area contributed by atoms with Crippen molar-refractivity contribution >= 4 is 6.21 Å². The van der Waals surface area contributed by atoms with Gasteiger partial charge in [0, 0.05) is 32.0 Å². The van der Waals surface area contributed by atoms with Gasteiger partial charge in [-0.2, -0.15) is 0 Å². The van der Waals surface area contributed by atoms with Crippen LogP contribution in [0.1, 0.15) is 51.4 Å². The summed E-state index contributed by atoms with van der Waals surface area (Å²) in [5, 5.41) is 0. The Kier molecular flexibility index (Phi) is 6.76. The first-order chi connectivity index (χ1) is 9.45. The van der Waals surface area contributed by atoms with Gasteiger partial charge in [-0.25, -0.2) is 4.58 Å². The molecule has 0 aromatic carbocycles. The van der Waals surface area contributed by atoms with Crippen molar-refractivity contribution in [2.24, 2.45) is 0 Å². The molecular weight excluding hydrogens is 232 g/mol. The van der Waals surface area contributed by atoms with E-state index in [1.807, 2.05) is 0 Å². The molecule has 0 amide bonds. The fourth-order valence-electron chi connectivity index (χ4n) is 2.90. The average molecular weight is 261 g/mol. The topological polar surface area (TPSA) is 6.25 Å². The van der Waals surface area contributed by atoms with Crippen LogP contribution in [-0.4, -0.2) is 41.9 Å². The summed E-state index contributed by atoms with van der Waals surface area (Å²) < 4.78 is 2.46. The predicted molar refractivity (Wildman–Crippen MR) is 82.8 cm³/mol. The highest BCUT2D eigenvalue weighted by molar-refractivity contribution is 5.66. The van der Waals surface area contributed by atoms with Crippen LogP contribution in [0.15, 0.2) is 24.4 Å². The van der Waals surface area contributed by atoms with E-state index in [9.17, 15) is 0 Å². The second kappa shape index (κ2) is 8.95. The molecule has 0 aliphatic carbocycles. The highest BCUT2D eigenvalue weighted by atomic mass is 15.1. The molecule has 2 fully saturated rings. The third kappa shape index (κ3) is 6.09. The van der Waals surface area contributed by atoms with Crippen LogP contribution >= 0.6 is 0 Å². The van der Waals surface area contributed by atoms with Crippen molar-refractivity contribution in [3.63, 3.8) is 0 Å². The van der Waals surface area contributed by atoms with E-state index in [-0.39, 0.29) is 0 Å². The largest absolute Gasteiger partial charge is 0.377 e. The summed E-state index contributed by atoms with van der Waals surface area (Å²) in [6, 6.07) is 0. The normalized spacial score (nSPS) is 22.7. The van der Waals surface area contributed by atoms with Gasteiger partial charge in [0.05, 0.1) is 0 Å². The van der Waals surface area contributed by atoms with Crippen molar-refractivity contribution in [1.29, 1.82) is 0 Å². The van der Waals surface area contributed by atoms with Crippen molar-refractivity contribution in [3.05, 3.63) is 24.4 Å². The molecule has 2 heteroatoms. The smallest absolute Gasteiger partial charge is 0.163 e. The minimum atomic E-state index is 1.24. The maximum atomic E-state index is 2.46. The molecule has 0 N–H and O–H groups in total. The summed E-state index contributed by atoms with van der Waals surface area (Å²) in [6.07, 6.45) is 22.1. The second-order valence-electron chi connectivity index (χ2n) is 5.78. The predicted octanol–water partition coefficient (Wildman–Crippen LogP) is 3.59. The van der Waals surface area contributed by atoms with Crippen molar-refractivity contribution in [3.8, 4) is 0 Å². The molecule has 0 radical (unpaired) electrons. The van der Waals surface area contributed by atoms with Gasteiger partial charge in [-0.3, -0.25) is 0 Å². The monoisotopic (exact) mass is 261 g/mol. The third-order valence-corrected chi connectivity index (χ3v) is 4.10. The molecule has 2 aliphatic heterocycles. The maximum Gasteiger partial charge on any atom is 0.163 e. The Labute approximate surface area is 118 Å². The van der Waals surface area contributed by atoms with Gasteiger partial charge in [0.2, 0.25) is 0 Å². The molecule has 0 bridgehead atoms. The SMILES string of the molecule is C(/C=C/C=C/N1CCCCCC1)=[N+]1CCCCCC1. The van der Waals surface area contributed by atoms with E-state index in [0.29, 0.717) is 0 Å². The van der Waals surface area contributed by atoms with E-state index in [2.05, 4.69) is 40.1 Å². The number of rotatable bonds is 3. The first-order valence-corrected chi connectivity index (χ1v) is 8.11. The Balaban J connectivity index is 1.73. The Morgan fingerprint density at radius 3 is 1.95 bits per heavy atom. The molecule has 0 aromatic rings. The molecular formula is C17H29N2+. The van der Waals surface area contributed by atoms with Crippen LogP contribution in [0.2, 0.25) is 0 Å². The quantitative estimate of drug-likeness (QED) is 0.556. The number of nitrogens with zero attached hydrogens (tertiary/aromatic N) is 2. The van der Waals surface area contributed by atoms with Gasteiger partial charge in [-0.1, -0.05) is 18.9 Å². The highest BCUT2D eigenvalue weighted by Crippen LogP contribution is 2.09. The molecule has 2 nitrogen and oxygen atoms in total. The highest BCUT2D eigenvalue weighted by Gasteiger charge is 2.07.